The number of anilines is 1. The number of alkyl halides is 3. The van der Waals surface area contributed by atoms with Gasteiger partial charge in [0, 0.05) is 30.3 Å². The number of nitrogens with one attached hydrogen (secondary N) is 1. The molecule has 1 saturated heterocycles. The third-order valence-corrected chi connectivity index (χ3v) is 7.04. The van der Waals surface area contributed by atoms with Crippen molar-refractivity contribution < 1.29 is 31.1 Å². The van der Waals surface area contributed by atoms with Gasteiger partial charge in [-0.05, 0) is 48.6 Å². The van der Waals surface area contributed by atoms with Gasteiger partial charge in [0.05, 0.1) is 11.0 Å². The first-order chi connectivity index (χ1) is 13.7. The first kappa shape index (κ1) is 21.8. The Morgan fingerprint density at radius 2 is 1.97 bits per heavy atom. The lowest BCUT2D eigenvalue weighted by atomic mass is 10.2. The third-order valence-electron chi connectivity index (χ3n) is 4.35. The van der Waals surface area contributed by atoms with E-state index in [1.807, 2.05) is 17.5 Å². The summed E-state index contributed by atoms with van der Waals surface area (Å²) >= 11 is 1.43. The zero-order chi connectivity index (χ0) is 21.1. The SMILES string of the molecule is O=C(Nc1ccc(S(=O)(=O)N(Cc2cccs2)CC2CCCO2)cc1)C(F)(F)F. The van der Waals surface area contributed by atoms with Gasteiger partial charge in [0.2, 0.25) is 10.0 Å². The Bertz CT molecular complexity index is 923. The summed E-state index contributed by atoms with van der Waals surface area (Å²) in [5, 5.41) is 3.55. The fourth-order valence-corrected chi connectivity index (χ4v) is 5.15. The average Bonchev–Trinajstić information content (AvgIpc) is 3.35. The van der Waals surface area contributed by atoms with Crippen molar-refractivity contribution in [2.45, 2.75) is 36.6 Å². The van der Waals surface area contributed by atoms with Crippen LogP contribution in [0.2, 0.25) is 0 Å². The highest BCUT2D eigenvalue weighted by Gasteiger charge is 2.38. The number of hydrogen-bond acceptors (Lipinski definition) is 5. The monoisotopic (exact) mass is 448 g/mol. The van der Waals surface area contributed by atoms with Crippen LogP contribution >= 0.6 is 11.3 Å². The van der Waals surface area contributed by atoms with E-state index in [-0.39, 0.29) is 29.8 Å². The summed E-state index contributed by atoms with van der Waals surface area (Å²) in [5.41, 5.74) is -0.143. The molecule has 29 heavy (non-hydrogen) atoms. The van der Waals surface area contributed by atoms with Crippen LogP contribution in [0.4, 0.5) is 18.9 Å². The molecule has 1 aromatic heterocycles. The molecule has 11 heteroatoms. The molecule has 1 atom stereocenters. The largest absolute Gasteiger partial charge is 0.471 e. The van der Waals surface area contributed by atoms with E-state index in [9.17, 15) is 26.4 Å². The molecule has 2 aromatic rings. The Hall–Kier alpha value is -1.95. The van der Waals surface area contributed by atoms with Gasteiger partial charge < -0.3 is 10.1 Å². The molecule has 0 spiro atoms. The van der Waals surface area contributed by atoms with Crippen molar-refractivity contribution >= 4 is 33.0 Å². The van der Waals surface area contributed by atoms with E-state index in [2.05, 4.69) is 0 Å². The molecule has 1 amide bonds. The number of nitrogens with zero attached hydrogens (tertiary/aromatic N) is 1. The second-order valence-corrected chi connectivity index (χ2v) is 9.46. The quantitative estimate of drug-likeness (QED) is 0.702. The van der Waals surface area contributed by atoms with Gasteiger partial charge in [-0.3, -0.25) is 4.79 Å². The summed E-state index contributed by atoms with van der Waals surface area (Å²) in [7, 11) is -3.91. The number of thiophene rings is 1. The number of amides is 1. The standard InChI is InChI=1S/C18H19F3N2O4S2/c19-18(20,21)17(24)22-13-5-7-16(8-6-13)29(25,26)23(11-14-3-1-9-27-14)12-15-4-2-10-28-15/h2,4-8,10,14H,1,3,9,11-12H2,(H,22,24). The Balaban J connectivity index is 1.79. The van der Waals surface area contributed by atoms with Gasteiger partial charge in [0.1, 0.15) is 0 Å². The van der Waals surface area contributed by atoms with Gasteiger partial charge in [0.25, 0.3) is 0 Å². The van der Waals surface area contributed by atoms with E-state index in [1.165, 1.54) is 27.8 Å². The van der Waals surface area contributed by atoms with Gasteiger partial charge in [0.15, 0.2) is 0 Å². The van der Waals surface area contributed by atoms with Crippen molar-refractivity contribution in [1.82, 2.24) is 4.31 Å². The number of ether oxygens (including phenoxy) is 1. The summed E-state index contributed by atoms with van der Waals surface area (Å²) in [4.78, 5) is 11.8. The van der Waals surface area contributed by atoms with E-state index in [0.717, 1.165) is 29.9 Å². The molecule has 1 aromatic carbocycles. The zero-order valence-electron chi connectivity index (χ0n) is 15.2. The van der Waals surface area contributed by atoms with Crippen LogP contribution in [0, 0.1) is 0 Å². The van der Waals surface area contributed by atoms with Crippen molar-refractivity contribution in [3.63, 3.8) is 0 Å². The lowest BCUT2D eigenvalue weighted by molar-refractivity contribution is -0.167. The van der Waals surface area contributed by atoms with Crippen LogP contribution in [0.1, 0.15) is 17.7 Å². The number of sulfonamides is 1. The molecule has 0 radical (unpaired) electrons. The summed E-state index contributed by atoms with van der Waals surface area (Å²) in [5.74, 6) is -2.12. The summed E-state index contributed by atoms with van der Waals surface area (Å²) in [6, 6.07) is 8.28. The smallest absolute Gasteiger partial charge is 0.377 e. The average molecular weight is 448 g/mol. The number of hydrogen-bond donors (Lipinski definition) is 1. The van der Waals surface area contributed by atoms with Gasteiger partial charge in [-0.25, -0.2) is 8.42 Å². The minimum atomic E-state index is -5.02. The number of carbonyl (C=O) groups is 1. The molecule has 1 N–H and O–H groups in total. The molecular formula is C18H19F3N2O4S2. The van der Waals surface area contributed by atoms with Crippen molar-refractivity contribution in [2.24, 2.45) is 0 Å². The van der Waals surface area contributed by atoms with Crippen LogP contribution in [0.25, 0.3) is 0 Å². The topological polar surface area (TPSA) is 75.7 Å². The number of rotatable bonds is 7. The maximum Gasteiger partial charge on any atom is 0.471 e. The summed E-state index contributed by atoms with van der Waals surface area (Å²) in [6.07, 6.45) is -3.59. The molecule has 1 aliphatic heterocycles. The van der Waals surface area contributed by atoms with E-state index < -0.39 is 22.1 Å². The Morgan fingerprint density at radius 1 is 1.24 bits per heavy atom. The maximum absolute atomic E-state index is 13.1. The first-order valence-electron chi connectivity index (χ1n) is 8.78. The highest BCUT2D eigenvalue weighted by molar-refractivity contribution is 7.89. The van der Waals surface area contributed by atoms with Crippen molar-refractivity contribution in [2.75, 3.05) is 18.5 Å². The predicted molar refractivity (Wildman–Crippen MR) is 102 cm³/mol. The molecule has 1 aliphatic rings. The molecule has 6 nitrogen and oxygen atoms in total. The minimum absolute atomic E-state index is 0.0722. The lowest BCUT2D eigenvalue weighted by Gasteiger charge is -2.24. The van der Waals surface area contributed by atoms with Gasteiger partial charge >= 0.3 is 12.1 Å². The molecule has 0 aliphatic carbocycles. The van der Waals surface area contributed by atoms with Gasteiger partial charge in [-0.1, -0.05) is 6.07 Å². The normalized spacial score (nSPS) is 17.6. The Morgan fingerprint density at radius 3 is 2.52 bits per heavy atom. The molecule has 3 rings (SSSR count). The molecule has 0 saturated carbocycles. The summed E-state index contributed by atoms with van der Waals surface area (Å²) < 4.78 is 70.3. The molecule has 2 heterocycles. The van der Waals surface area contributed by atoms with Crippen LogP contribution in [0.3, 0.4) is 0 Å². The van der Waals surface area contributed by atoms with Gasteiger partial charge in [-0.15, -0.1) is 11.3 Å². The molecule has 1 fully saturated rings. The van der Waals surface area contributed by atoms with E-state index >= 15 is 0 Å². The molecule has 1 unspecified atom stereocenters. The Labute approximate surface area is 170 Å². The molecule has 0 bridgehead atoms. The second kappa shape index (κ2) is 8.82. The first-order valence-corrected chi connectivity index (χ1v) is 11.1. The van der Waals surface area contributed by atoms with Crippen LogP contribution in [-0.4, -0.2) is 44.1 Å². The van der Waals surface area contributed by atoms with E-state index in [0.29, 0.717) is 6.61 Å². The predicted octanol–water partition coefficient (Wildman–Crippen LogP) is 3.62. The van der Waals surface area contributed by atoms with Crippen LogP contribution < -0.4 is 5.32 Å². The third kappa shape index (κ3) is 5.56. The van der Waals surface area contributed by atoms with Crippen LogP contribution in [0.15, 0.2) is 46.7 Å². The lowest BCUT2D eigenvalue weighted by Crippen LogP contribution is -2.36. The van der Waals surface area contributed by atoms with Crippen molar-refractivity contribution in [3.8, 4) is 0 Å². The number of halogens is 3. The summed E-state index contributed by atoms with van der Waals surface area (Å²) in [6.45, 7) is 0.949. The van der Waals surface area contributed by atoms with Crippen molar-refractivity contribution in [1.29, 1.82) is 0 Å². The maximum atomic E-state index is 13.1. The number of carbonyl (C=O) groups excluding carboxylic acids is 1. The van der Waals surface area contributed by atoms with Gasteiger partial charge in [-0.2, -0.15) is 17.5 Å². The zero-order valence-corrected chi connectivity index (χ0v) is 16.8. The fourth-order valence-electron chi connectivity index (χ4n) is 2.90. The van der Waals surface area contributed by atoms with E-state index in [1.54, 1.807) is 5.32 Å². The fraction of sp³-hybridized carbons (Fsp3) is 0.389. The molecular weight excluding hydrogens is 429 g/mol. The van der Waals surface area contributed by atoms with Crippen molar-refractivity contribution in [3.05, 3.63) is 46.7 Å². The van der Waals surface area contributed by atoms with Crippen LogP contribution in [-0.2, 0) is 26.1 Å². The van der Waals surface area contributed by atoms with E-state index in [4.69, 9.17) is 4.74 Å². The van der Waals surface area contributed by atoms with Crippen LogP contribution in [0.5, 0.6) is 0 Å². The minimum Gasteiger partial charge on any atom is -0.377 e. The molecule has 158 valence electrons. The Kier molecular flexibility index (Phi) is 6.62. The second-order valence-electron chi connectivity index (χ2n) is 6.49. The highest BCUT2D eigenvalue weighted by Crippen LogP contribution is 2.25. The highest BCUT2D eigenvalue weighted by atomic mass is 32.2. The number of benzene rings is 1.